The monoisotopic (exact) mass is 330 g/mol. The van der Waals surface area contributed by atoms with E-state index in [2.05, 4.69) is 27.0 Å². The largest absolute Gasteiger partial charge is 0.325 e. The molecule has 6 heteroatoms. The molecule has 0 saturated heterocycles. The van der Waals surface area contributed by atoms with Crippen LogP contribution in [0.5, 0.6) is 0 Å². The zero-order chi connectivity index (χ0) is 16.1. The van der Waals surface area contributed by atoms with Crippen molar-refractivity contribution in [3.05, 3.63) is 35.7 Å². The Morgan fingerprint density at radius 2 is 2.04 bits per heavy atom. The lowest BCUT2D eigenvalue weighted by Gasteiger charge is -2.07. The highest BCUT2D eigenvalue weighted by molar-refractivity contribution is 7.99. The molecule has 2 aromatic rings. The fourth-order valence-electron chi connectivity index (χ4n) is 2.72. The molecule has 0 fully saturated rings. The van der Waals surface area contributed by atoms with Crippen LogP contribution in [-0.2, 0) is 24.2 Å². The summed E-state index contributed by atoms with van der Waals surface area (Å²) in [5.41, 5.74) is 2.11. The van der Waals surface area contributed by atoms with Gasteiger partial charge in [0.25, 0.3) is 0 Å². The van der Waals surface area contributed by atoms with Crippen molar-refractivity contribution in [1.82, 2.24) is 14.8 Å². The number of benzene rings is 1. The summed E-state index contributed by atoms with van der Waals surface area (Å²) in [4.78, 5) is 12.1. The number of carbonyl (C=O) groups is 1. The lowest BCUT2D eigenvalue weighted by atomic mass is 10.1. The van der Waals surface area contributed by atoms with Crippen LogP contribution >= 0.6 is 11.8 Å². The van der Waals surface area contributed by atoms with Gasteiger partial charge in [-0.1, -0.05) is 37.2 Å². The number of fused-ring (bicyclic) bond motifs is 1. The minimum atomic E-state index is -0.00906. The van der Waals surface area contributed by atoms with Gasteiger partial charge in [0.05, 0.1) is 5.75 Å². The van der Waals surface area contributed by atoms with Gasteiger partial charge < -0.3 is 9.88 Å². The fraction of sp³-hybridized carbons (Fsp3) is 0.471. The Morgan fingerprint density at radius 1 is 1.22 bits per heavy atom. The quantitative estimate of drug-likeness (QED) is 0.855. The van der Waals surface area contributed by atoms with Gasteiger partial charge in [0, 0.05) is 18.7 Å². The number of aryl methyl sites for hydroxylation is 2. The molecule has 0 aliphatic carbocycles. The van der Waals surface area contributed by atoms with Gasteiger partial charge in [0.15, 0.2) is 5.16 Å². The van der Waals surface area contributed by atoms with Crippen LogP contribution in [0.25, 0.3) is 0 Å². The van der Waals surface area contributed by atoms with Crippen LogP contribution in [-0.4, -0.2) is 26.4 Å². The van der Waals surface area contributed by atoms with Crippen LogP contribution in [0.4, 0.5) is 5.69 Å². The van der Waals surface area contributed by atoms with Crippen molar-refractivity contribution in [1.29, 1.82) is 0 Å². The molecule has 0 bridgehead atoms. The number of carbonyl (C=O) groups excluding carboxylic acids is 1. The first kappa shape index (κ1) is 16.1. The van der Waals surface area contributed by atoms with E-state index in [0.717, 1.165) is 42.5 Å². The van der Waals surface area contributed by atoms with Gasteiger partial charge in [-0.2, -0.15) is 0 Å². The number of aromatic nitrogens is 3. The highest BCUT2D eigenvalue weighted by atomic mass is 32.2. The van der Waals surface area contributed by atoms with Gasteiger partial charge in [0.2, 0.25) is 5.91 Å². The number of hydrogen-bond acceptors (Lipinski definition) is 4. The molecule has 1 aliphatic heterocycles. The molecule has 1 aromatic heterocycles. The fourth-order valence-corrected chi connectivity index (χ4v) is 3.50. The smallest absolute Gasteiger partial charge is 0.234 e. The summed E-state index contributed by atoms with van der Waals surface area (Å²) in [5.74, 6) is 1.40. The van der Waals surface area contributed by atoms with E-state index in [1.807, 2.05) is 24.3 Å². The maximum atomic E-state index is 12.1. The number of nitrogens with one attached hydrogen (secondary N) is 1. The van der Waals surface area contributed by atoms with E-state index in [9.17, 15) is 4.79 Å². The van der Waals surface area contributed by atoms with Gasteiger partial charge in [0.1, 0.15) is 5.82 Å². The van der Waals surface area contributed by atoms with Gasteiger partial charge in [-0.25, -0.2) is 0 Å². The minimum absolute atomic E-state index is 0.00906. The third kappa shape index (κ3) is 4.13. The summed E-state index contributed by atoms with van der Waals surface area (Å²) in [5, 5.41) is 12.3. The Balaban J connectivity index is 1.55. The van der Waals surface area contributed by atoms with Gasteiger partial charge in [-0.3, -0.25) is 4.79 Å². The topological polar surface area (TPSA) is 59.8 Å². The highest BCUT2D eigenvalue weighted by Gasteiger charge is 2.16. The maximum absolute atomic E-state index is 12.1. The average Bonchev–Trinajstić information content (AvgIpc) is 2.80. The van der Waals surface area contributed by atoms with Crippen LogP contribution in [0.15, 0.2) is 29.4 Å². The summed E-state index contributed by atoms with van der Waals surface area (Å²) in [7, 11) is 0. The second kappa shape index (κ2) is 7.64. The lowest BCUT2D eigenvalue weighted by molar-refractivity contribution is -0.113. The first-order valence-electron chi connectivity index (χ1n) is 8.20. The summed E-state index contributed by atoms with van der Waals surface area (Å²) >= 11 is 1.46. The number of thioether (sulfide) groups is 1. The highest BCUT2D eigenvalue weighted by Crippen LogP contribution is 2.22. The van der Waals surface area contributed by atoms with Crippen molar-refractivity contribution < 1.29 is 4.79 Å². The lowest BCUT2D eigenvalue weighted by Crippen LogP contribution is -2.14. The molecule has 0 saturated carbocycles. The van der Waals surface area contributed by atoms with E-state index in [1.54, 1.807) is 0 Å². The Morgan fingerprint density at radius 3 is 2.83 bits per heavy atom. The molecule has 0 radical (unpaired) electrons. The molecule has 3 rings (SSSR count). The standard InChI is InChI=1S/C17H22N4OS/c1-2-13-7-9-14(10-8-13)18-16(22)12-23-17-20-19-15-6-4-3-5-11-21(15)17/h7-10H,2-6,11-12H2,1H3,(H,18,22). The van der Waals surface area contributed by atoms with Crippen molar-refractivity contribution in [2.75, 3.05) is 11.1 Å². The second-order valence-corrected chi connectivity index (χ2v) is 6.69. The summed E-state index contributed by atoms with van der Waals surface area (Å²) < 4.78 is 2.17. The number of anilines is 1. The number of amides is 1. The van der Waals surface area contributed by atoms with Crippen molar-refractivity contribution >= 4 is 23.4 Å². The van der Waals surface area contributed by atoms with Crippen molar-refractivity contribution in [2.45, 2.75) is 50.7 Å². The number of hydrogen-bond donors (Lipinski definition) is 1. The Kier molecular flexibility index (Phi) is 5.33. The van der Waals surface area contributed by atoms with Gasteiger partial charge >= 0.3 is 0 Å². The molecular weight excluding hydrogens is 308 g/mol. The Bertz CT molecular complexity index is 666. The van der Waals surface area contributed by atoms with E-state index in [0.29, 0.717) is 5.75 Å². The molecule has 0 atom stereocenters. The molecular formula is C17H22N4OS. The van der Waals surface area contributed by atoms with E-state index < -0.39 is 0 Å². The van der Waals surface area contributed by atoms with Crippen LogP contribution in [0, 0.1) is 0 Å². The molecule has 23 heavy (non-hydrogen) atoms. The second-order valence-electron chi connectivity index (χ2n) is 5.75. The summed E-state index contributed by atoms with van der Waals surface area (Å²) in [6.07, 6.45) is 5.57. The molecule has 2 heterocycles. The molecule has 122 valence electrons. The summed E-state index contributed by atoms with van der Waals surface area (Å²) in [6.45, 7) is 3.08. The zero-order valence-electron chi connectivity index (χ0n) is 13.4. The predicted molar refractivity (Wildman–Crippen MR) is 92.8 cm³/mol. The van der Waals surface area contributed by atoms with Crippen molar-refractivity contribution in [3.63, 3.8) is 0 Å². The SMILES string of the molecule is CCc1ccc(NC(=O)CSc2nnc3n2CCCCC3)cc1. The number of nitrogens with zero attached hydrogens (tertiary/aromatic N) is 3. The molecule has 1 aromatic carbocycles. The molecule has 1 amide bonds. The van der Waals surface area contributed by atoms with Crippen LogP contribution in [0.2, 0.25) is 0 Å². The third-order valence-electron chi connectivity index (χ3n) is 4.05. The molecule has 1 aliphatic rings. The molecule has 0 unspecified atom stereocenters. The van der Waals surface area contributed by atoms with Crippen LogP contribution < -0.4 is 5.32 Å². The van der Waals surface area contributed by atoms with Crippen molar-refractivity contribution in [2.24, 2.45) is 0 Å². The first-order valence-corrected chi connectivity index (χ1v) is 9.18. The van der Waals surface area contributed by atoms with Gasteiger partial charge in [-0.05, 0) is 37.0 Å². The van der Waals surface area contributed by atoms with Crippen LogP contribution in [0.1, 0.15) is 37.6 Å². The minimum Gasteiger partial charge on any atom is -0.325 e. The van der Waals surface area contributed by atoms with Crippen LogP contribution in [0.3, 0.4) is 0 Å². The Hall–Kier alpha value is -1.82. The normalized spacial score (nSPS) is 14.1. The maximum Gasteiger partial charge on any atom is 0.234 e. The van der Waals surface area contributed by atoms with E-state index >= 15 is 0 Å². The molecule has 5 nitrogen and oxygen atoms in total. The van der Waals surface area contributed by atoms with Gasteiger partial charge in [-0.15, -0.1) is 10.2 Å². The summed E-state index contributed by atoms with van der Waals surface area (Å²) in [6, 6.07) is 7.98. The van der Waals surface area contributed by atoms with E-state index in [4.69, 9.17) is 0 Å². The predicted octanol–water partition coefficient (Wildman–Crippen LogP) is 3.30. The molecule has 0 spiro atoms. The third-order valence-corrected chi connectivity index (χ3v) is 5.02. The average molecular weight is 330 g/mol. The van der Waals surface area contributed by atoms with E-state index in [-0.39, 0.29) is 5.91 Å². The number of rotatable bonds is 5. The Labute approximate surface area is 140 Å². The first-order chi connectivity index (χ1) is 11.3. The molecule has 1 N–H and O–H groups in total. The van der Waals surface area contributed by atoms with E-state index in [1.165, 1.54) is 30.2 Å². The zero-order valence-corrected chi connectivity index (χ0v) is 14.2. The van der Waals surface area contributed by atoms with Crippen molar-refractivity contribution in [3.8, 4) is 0 Å².